The molecule has 22 heavy (non-hydrogen) atoms. The first kappa shape index (κ1) is 18.3. The lowest BCUT2D eigenvalue weighted by Crippen LogP contribution is -2.39. The van der Waals surface area contributed by atoms with Crippen LogP contribution in [0, 0.1) is 0 Å². The summed E-state index contributed by atoms with van der Waals surface area (Å²) in [6.45, 7) is 3.49. The minimum absolute atomic E-state index is 0.0720. The van der Waals surface area contributed by atoms with Gasteiger partial charge in [-0.15, -0.1) is 0 Å². The van der Waals surface area contributed by atoms with E-state index in [9.17, 15) is 9.59 Å². The highest BCUT2D eigenvalue weighted by Crippen LogP contribution is 2.15. The molecule has 0 bridgehead atoms. The zero-order valence-electron chi connectivity index (χ0n) is 12.6. The van der Waals surface area contributed by atoms with Crippen molar-refractivity contribution in [1.82, 2.24) is 10.6 Å². The van der Waals surface area contributed by atoms with Crippen LogP contribution in [0.4, 0.5) is 0 Å². The third-order valence-corrected chi connectivity index (χ3v) is 2.87. The highest BCUT2D eigenvalue weighted by Gasteiger charge is 2.06. The van der Waals surface area contributed by atoms with Crippen molar-refractivity contribution in [3.05, 3.63) is 29.3 Å². The maximum absolute atomic E-state index is 11.5. The van der Waals surface area contributed by atoms with Gasteiger partial charge in [0, 0.05) is 24.8 Å². The lowest BCUT2D eigenvalue weighted by atomic mass is 10.3. The van der Waals surface area contributed by atoms with Crippen molar-refractivity contribution >= 4 is 23.4 Å². The van der Waals surface area contributed by atoms with E-state index in [4.69, 9.17) is 21.1 Å². The highest BCUT2D eigenvalue weighted by molar-refractivity contribution is 6.30. The number of carbonyl (C=O) groups is 2. The van der Waals surface area contributed by atoms with E-state index < -0.39 is 0 Å². The molecule has 0 saturated carbocycles. The van der Waals surface area contributed by atoms with Crippen molar-refractivity contribution in [2.24, 2.45) is 0 Å². The standard InChI is InChI=1S/C15H21ClN2O4/c1-2-21-9-3-8-17-14(19)10-18-15(20)11-22-13-6-4-12(16)5-7-13/h4-7H,2-3,8-11H2,1H3,(H,17,19)(H,18,20). The Hall–Kier alpha value is -1.79. The second-order valence-corrected chi connectivity index (χ2v) is 4.86. The molecular weight excluding hydrogens is 308 g/mol. The third-order valence-electron chi connectivity index (χ3n) is 2.62. The van der Waals surface area contributed by atoms with Crippen molar-refractivity contribution in [2.75, 3.05) is 32.9 Å². The molecule has 0 aromatic heterocycles. The molecule has 0 atom stereocenters. The molecule has 0 aliphatic rings. The number of halogens is 1. The topological polar surface area (TPSA) is 76.7 Å². The molecule has 2 amide bonds. The average Bonchev–Trinajstić information content (AvgIpc) is 2.52. The summed E-state index contributed by atoms with van der Waals surface area (Å²) < 4.78 is 10.4. The molecule has 0 saturated heterocycles. The van der Waals surface area contributed by atoms with Crippen LogP contribution in [-0.4, -0.2) is 44.7 Å². The number of hydrogen-bond acceptors (Lipinski definition) is 4. The van der Waals surface area contributed by atoms with Gasteiger partial charge in [0.15, 0.2) is 6.61 Å². The van der Waals surface area contributed by atoms with E-state index in [1.54, 1.807) is 24.3 Å². The minimum Gasteiger partial charge on any atom is -0.484 e. The second-order valence-electron chi connectivity index (χ2n) is 4.42. The minimum atomic E-state index is -0.362. The SMILES string of the molecule is CCOCCCNC(=O)CNC(=O)COc1ccc(Cl)cc1. The van der Waals surface area contributed by atoms with E-state index in [1.807, 2.05) is 6.92 Å². The second kappa shape index (κ2) is 10.9. The van der Waals surface area contributed by atoms with E-state index in [0.29, 0.717) is 30.5 Å². The van der Waals surface area contributed by atoms with Crippen LogP contribution in [0.25, 0.3) is 0 Å². The molecule has 0 radical (unpaired) electrons. The number of rotatable bonds is 10. The summed E-state index contributed by atoms with van der Waals surface area (Å²) in [4.78, 5) is 23.0. The van der Waals surface area contributed by atoms with E-state index in [0.717, 1.165) is 6.42 Å². The first-order chi connectivity index (χ1) is 10.6. The van der Waals surface area contributed by atoms with Crippen LogP contribution in [-0.2, 0) is 14.3 Å². The van der Waals surface area contributed by atoms with Crippen LogP contribution in [0.3, 0.4) is 0 Å². The van der Waals surface area contributed by atoms with Crippen molar-refractivity contribution < 1.29 is 19.1 Å². The van der Waals surface area contributed by atoms with Crippen LogP contribution in [0.1, 0.15) is 13.3 Å². The van der Waals surface area contributed by atoms with Crippen LogP contribution < -0.4 is 15.4 Å². The molecule has 7 heteroatoms. The Morgan fingerprint density at radius 1 is 1.14 bits per heavy atom. The van der Waals surface area contributed by atoms with E-state index >= 15 is 0 Å². The summed E-state index contributed by atoms with van der Waals surface area (Å²) in [6, 6.07) is 6.68. The van der Waals surface area contributed by atoms with Crippen LogP contribution in [0.2, 0.25) is 5.02 Å². The smallest absolute Gasteiger partial charge is 0.258 e. The van der Waals surface area contributed by atoms with Gasteiger partial charge in [-0.25, -0.2) is 0 Å². The Kier molecular flexibility index (Phi) is 9.02. The molecule has 0 aliphatic heterocycles. The van der Waals surface area contributed by atoms with E-state index in [1.165, 1.54) is 0 Å². The first-order valence-corrected chi connectivity index (χ1v) is 7.49. The predicted molar refractivity (Wildman–Crippen MR) is 84.1 cm³/mol. The molecule has 0 spiro atoms. The Labute approximate surface area is 135 Å². The summed E-state index contributed by atoms with van der Waals surface area (Å²) in [5.74, 6) is -0.0596. The van der Waals surface area contributed by atoms with Crippen LogP contribution in [0.15, 0.2) is 24.3 Å². The quantitative estimate of drug-likeness (QED) is 0.636. The highest BCUT2D eigenvalue weighted by atomic mass is 35.5. The summed E-state index contributed by atoms with van der Waals surface area (Å²) in [6.07, 6.45) is 0.743. The fraction of sp³-hybridized carbons (Fsp3) is 0.467. The number of hydrogen-bond donors (Lipinski definition) is 2. The maximum Gasteiger partial charge on any atom is 0.258 e. The number of ether oxygens (including phenoxy) is 2. The fourth-order valence-corrected chi connectivity index (χ4v) is 1.64. The van der Waals surface area contributed by atoms with Gasteiger partial charge in [-0.05, 0) is 37.6 Å². The third kappa shape index (κ3) is 8.49. The summed E-state index contributed by atoms with van der Waals surface area (Å²) in [7, 11) is 0. The molecule has 0 heterocycles. The summed E-state index contributed by atoms with van der Waals surface area (Å²) in [5.41, 5.74) is 0. The van der Waals surface area contributed by atoms with Crippen molar-refractivity contribution in [2.45, 2.75) is 13.3 Å². The zero-order chi connectivity index (χ0) is 16.2. The molecule has 1 rings (SSSR count). The number of benzene rings is 1. The van der Waals surface area contributed by atoms with E-state index in [2.05, 4.69) is 10.6 Å². The largest absolute Gasteiger partial charge is 0.484 e. The molecule has 0 fully saturated rings. The number of nitrogens with one attached hydrogen (secondary N) is 2. The molecule has 1 aromatic rings. The van der Waals surface area contributed by atoms with Gasteiger partial charge in [0.05, 0.1) is 6.54 Å². The monoisotopic (exact) mass is 328 g/mol. The lowest BCUT2D eigenvalue weighted by Gasteiger charge is -2.08. The lowest BCUT2D eigenvalue weighted by molar-refractivity contribution is -0.127. The fourth-order valence-electron chi connectivity index (χ4n) is 1.52. The molecule has 122 valence electrons. The maximum atomic E-state index is 11.5. The normalized spacial score (nSPS) is 10.1. The summed E-state index contributed by atoms with van der Waals surface area (Å²) >= 11 is 5.74. The Morgan fingerprint density at radius 2 is 1.86 bits per heavy atom. The van der Waals surface area contributed by atoms with Crippen LogP contribution >= 0.6 is 11.6 Å². The van der Waals surface area contributed by atoms with Crippen molar-refractivity contribution in [3.8, 4) is 5.75 Å². The average molecular weight is 329 g/mol. The van der Waals surface area contributed by atoms with Crippen molar-refractivity contribution in [1.29, 1.82) is 0 Å². The van der Waals surface area contributed by atoms with Crippen LogP contribution in [0.5, 0.6) is 5.75 Å². The zero-order valence-corrected chi connectivity index (χ0v) is 13.3. The Bertz CT molecular complexity index is 465. The van der Waals surface area contributed by atoms with Gasteiger partial charge in [-0.1, -0.05) is 11.6 Å². The summed E-state index contributed by atoms with van der Waals surface area (Å²) in [5, 5.41) is 5.77. The molecule has 0 aliphatic carbocycles. The molecule has 2 N–H and O–H groups in total. The van der Waals surface area contributed by atoms with Crippen molar-refractivity contribution in [3.63, 3.8) is 0 Å². The van der Waals surface area contributed by atoms with Gasteiger partial charge in [-0.2, -0.15) is 0 Å². The van der Waals surface area contributed by atoms with Gasteiger partial charge in [-0.3, -0.25) is 9.59 Å². The first-order valence-electron chi connectivity index (χ1n) is 7.11. The Morgan fingerprint density at radius 3 is 2.55 bits per heavy atom. The number of amides is 2. The number of carbonyl (C=O) groups excluding carboxylic acids is 2. The van der Waals surface area contributed by atoms with Gasteiger partial charge >= 0.3 is 0 Å². The van der Waals surface area contributed by atoms with Gasteiger partial charge in [0.25, 0.3) is 5.91 Å². The van der Waals surface area contributed by atoms with E-state index in [-0.39, 0.29) is 25.0 Å². The predicted octanol–water partition coefficient (Wildman–Crippen LogP) is 1.38. The molecule has 0 unspecified atom stereocenters. The Balaban J connectivity index is 2.09. The van der Waals surface area contributed by atoms with Gasteiger partial charge in [0.2, 0.25) is 5.91 Å². The molecular formula is C15H21ClN2O4. The molecule has 1 aromatic carbocycles. The molecule has 6 nitrogen and oxygen atoms in total. The van der Waals surface area contributed by atoms with Gasteiger partial charge in [0.1, 0.15) is 5.75 Å². The van der Waals surface area contributed by atoms with Gasteiger partial charge < -0.3 is 20.1 Å².